The molecule has 0 aliphatic rings. The number of halogens is 1. The third kappa shape index (κ3) is 3.93. The van der Waals surface area contributed by atoms with E-state index in [9.17, 15) is 0 Å². The number of hydrogen-bond donors (Lipinski definition) is 1. The van der Waals surface area contributed by atoms with Crippen molar-refractivity contribution in [3.63, 3.8) is 0 Å². The number of thiophene rings is 1. The maximum atomic E-state index is 5.93. The molecular weight excluding hydrogens is 296 g/mol. The summed E-state index contributed by atoms with van der Waals surface area (Å²) in [5.74, 6) is 0. The Morgan fingerprint density at radius 1 is 1.32 bits per heavy atom. The topological polar surface area (TPSA) is 15.3 Å². The van der Waals surface area contributed by atoms with E-state index in [1.807, 2.05) is 42.3 Å². The monoisotopic (exact) mass is 310 g/mol. The fourth-order valence-corrected chi connectivity index (χ4v) is 2.98. The third-order valence-electron chi connectivity index (χ3n) is 2.76. The molecule has 0 spiro atoms. The van der Waals surface area contributed by atoms with E-state index in [0.717, 1.165) is 16.6 Å². The number of nitrogens with one attached hydrogen (secondary N) is 1. The van der Waals surface area contributed by atoms with Gasteiger partial charge in [-0.2, -0.15) is 0 Å². The van der Waals surface area contributed by atoms with Crippen molar-refractivity contribution >= 4 is 46.0 Å². The van der Waals surface area contributed by atoms with Crippen LogP contribution in [0.2, 0.25) is 4.34 Å². The van der Waals surface area contributed by atoms with Crippen molar-refractivity contribution in [1.29, 1.82) is 0 Å². The number of thiocarbonyl (C=S) groups is 1. The van der Waals surface area contributed by atoms with Crippen LogP contribution >= 0.6 is 35.2 Å². The number of nitrogens with zero attached hydrogens (tertiary/aromatic N) is 1. The zero-order chi connectivity index (χ0) is 13.8. The maximum absolute atomic E-state index is 5.93. The molecule has 0 aliphatic heterocycles. The molecule has 0 unspecified atom stereocenters. The number of rotatable bonds is 3. The van der Waals surface area contributed by atoms with Gasteiger partial charge in [-0.15, -0.1) is 11.3 Å². The van der Waals surface area contributed by atoms with Crippen LogP contribution in [0.25, 0.3) is 0 Å². The van der Waals surface area contributed by atoms with Gasteiger partial charge in [0.2, 0.25) is 0 Å². The highest BCUT2D eigenvalue weighted by molar-refractivity contribution is 7.80. The zero-order valence-electron chi connectivity index (χ0n) is 10.8. The number of hydrogen-bond acceptors (Lipinski definition) is 2. The lowest BCUT2D eigenvalue weighted by molar-refractivity contribution is 0.514. The second-order valence-corrected chi connectivity index (χ2v) is 6.49. The number of para-hydroxylation sites is 1. The first-order valence-electron chi connectivity index (χ1n) is 5.88. The molecule has 2 rings (SSSR count). The molecule has 0 saturated carbocycles. The number of benzene rings is 1. The van der Waals surface area contributed by atoms with Crippen LogP contribution in [-0.4, -0.2) is 17.1 Å². The molecule has 0 radical (unpaired) electrons. The molecule has 0 amide bonds. The quantitative estimate of drug-likeness (QED) is 0.838. The van der Waals surface area contributed by atoms with Crippen LogP contribution in [0, 0.1) is 6.92 Å². The van der Waals surface area contributed by atoms with Crippen molar-refractivity contribution in [3.8, 4) is 0 Å². The molecule has 0 fully saturated rings. The van der Waals surface area contributed by atoms with E-state index < -0.39 is 0 Å². The highest BCUT2D eigenvalue weighted by Gasteiger charge is 2.08. The summed E-state index contributed by atoms with van der Waals surface area (Å²) in [5.41, 5.74) is 2.22. The lowest BCUT2D eigenvalue weighted by Crippen LogP contribution is -2.30. The Hall–Kier alpha value is -1.10. The Balaban J connectivity index is 1.98. The van der Waals surface area contributed by atoms with Crippen molar-refractivity contribution in [1.82, 2.24) is 4.90 Å². The molecule has 0 saturated heterocycles. The van der Waals surface area contributed by atoms with E-state index in [1.165, 1.54) is 10.4 Å². The second kappa shape index (κ2) is 6.37. The average Bonchev–Trinajstić information content (AvgIpc) is 2.77. The Bertz CT molecular complexity index is 580. The molecule has 0 atom stereocenters. The summed E-state index contributed by atoms with van der Waals surface area (Å²) in [6.07, 6.45) is 0. The van der Waals surface area contributed by atoms with Crippen LogP contribution in [0.1, 0.15) is 10.4 Å². The number of aryl methyl sites for hydroxylation is 1. The second-order valence-electron chi connectivity index (χ2n) is 4.31. The van der Waals surface area contributed by atoms with Crippen LogP contribution in [0.4, 0.5) is 5.69 Å². The molecule has 100 valence electrons. The molecule has 1 heterocycles. The Kier molecular flexibility index (Phi) is 4.80. The highest BCUT2D eigenvalue weighted by atomic mass is 35.5. The summed E-state index contributed by atoms with van der Waals surface area (Å²) in [4.78, 5) is 3.20. The summed E-state index contributed by atoms with van der Waals surface area (Å²) in [5, 5.41) is 3.97. The van der Waals surface area contributed by atoms with Crippen LogP contribution in [-0.2, 0) is 6.54 Å². The van der Waals surface area contributed by atoms with E-state index in [4.69, 9.17) is 23.8 Å². The van der Waals surface area contributed by atoms with Gasteiger partial charge in [0.25, 0.3) is 0 Å². The van der Waals surface area contributed by atoms with E-state index >= 15 is 0 Å². The van der Waals surface area contributed by atoms with Crippen molar-refractivity contribution in [2.45, 2.75) is 13.5 Å². The van der Waals surface area contributed by atoms with Crippen molar-refractivity contribution in [2.24, 2.45) is 0 Å². The molecule has 0 aliphatic carbocycles. The average molecular weight is 311 g/mol. The van der Waals surface area contributed by atoms with Gasteiger partial charge >= 0.3 is 0 Å². The minimum absolute atomic E-state index is 0.707. The number of anilines is 1. The molecular formula is C14H15ClN2S2. The van der Waals surface area contributed by atoms with Crippen molar-refractivity contribution in [3.05, 3.63) is 51.2 Å². The van der Waals surface area contributed by atoms with Crippen molar-refractivity contribution in [2.75, 3.05) is 12.4 Å². The van der Waals surface area contributed by atoms with Gasteiger partial charge in [0.05, 0.1) is 10.9 Å². The first kappa shape index (κ1) is 14.3. The van der Waals surface area contributed by atoms with Gasteiger partial charge in [-0.3, -0.25) is 0 Å². The Labute approximate surface area is 128 Å². The van der Waals surface area contributed by atoms with Gasteiger partial charge in [0, 0.05) is 17.6 Å². The van der Waals surface area contributed by atoms with E-state index in [1.54, 1.807) is 11.3 Å². The summed E-state index contributed by atoms with van der Waals surface area (Å²) in [7, 11) is 1.97. The highest BCUT2D eigenvalue weighted by Crippen LogP contribution is 2.22. The predicted molar refractivity (Wildman–Crippen MR) is 88.2 cm³/mol. The summed E-state index contributed by atoms with van der Waals surface area (Å²) in [6, 6.07) is 12.0. The van der Waals surface area contributed by atoms with Crippen LogP contribution < -0.4 is 5.32 Å². The predicted octanol–water partition coefficient (Wildman–Crippen LogP) is 4.54. The molecule has 2 nitrogen and oxygen atoms in total. The Morgan fingerprint density at radius 3 is 2.68 bits per heavy atom. The molecule has 0 bridgehead atoms. The SMILES string of the molecule is Cc1ccccc1NC(=S)N(C)Cc1ccc(Cl)s1. The summed E-state index contributed by atoms with van der Waals surface area (Å²) in [6.45, 7) is 2.82. The third-order valence-corrected chi connectivity index (χ3v) is 4.38. The summed E-state index contributed by atoms with van der Waals surface area (Å²) < 4.78 is 0.807. The van der Waals surface area contributed by atoms with Crippen LogP contribution in [0.3, 0.4) is 0 Å². The van der Waals surface area contributed by atoms with Crippen molar-refractivity contribution < 1.29 is 0 Å². The van der Waals surface area contributed by atoms with E-state index in [0.29, 0.717) is 5.11 Å². The molecule has 2 aromatic rings. The summed E-state index contributed by atoms with van der Waals surface area (Å²) >= 11 is 12.9. The first-order valence-corrected chi connectivity index (χ1v) is 7.48. The van der Waals surface area contributed by atoms with Gasteiger partial charge in [-0.05, 0) is 42.9 Å². The minimum atomic E-state index is 0.707. The maximum Gasteiger partial charge on any atom is 0.173 e. The molecule has 1 aromatic heterocycles. The lowest BCUT2D eigenvalue weighted by atomic mass is 10.2. The van der Waals surface area contributed by atoms with Gasteiger partial charge in [0.15, 0.2) is 5.11 Å². The van der Waals surface area contributed by atoms with Gasteiger partial charge in [-0.1, -0.05) is 29.8 Å². The van der Waals surface area contributed by atoms with Gasteiger partial charge < -0.3 is 10.2 Å². The fourth-order valence-electron chi connectivity index (χ4n) is 1.67. The first-order chi connectivity index (χ1) is 9.06. The molecule has 1 aromatic carbocycles. The lowest BCUT2D eigenvalue weighted by Gasteiger charge is -2.21. The van der Waals surface area contributed by atoms with E-state index in [2.05, 4.69) is 18.3 Å². The van der Waals surface area contributed by atoms with Crippen LogP contribution in [0.5, 0.6) is 0 Å². The minimum Gasteiger partial charge on any atom is -0.347 e. The fraction of sp³-hybridized carbons (Fsp3) is 0.214. The van der Waals surface area contributed by atoms with Gasteiger partial charge in [0.1, 0.15) is 0 Å². The zero-order valence-corrected chi connectivity index (χ0v) is 13.2. The normalized spacial score (nSPS) is 10.3. The molecule has 1 N–H and O–H groups in total. The van der Waals surface area contributed by atoms with Gasteiger partial charge in [-0.25, -0.2) is 0 Å². The standard InChI is InChI=1S/C14H15ClN2S2/c1-10-5-3-4-6-12(10)16-14(18)17(2)9-11-7-8-13(15)19-11/h3-8H,9H2,1-2H3,(H,16,18). The Morgan fingerprint density at radius 2 is 2.05 bits per heavy atom. The molecule has 19 heavy (non-hydrogen) atoms. The molecule has 5 heteroatoms. The van der Waals surface area contributed by atoms with Crippen LogP contribution in [0.15, 0.2) is 36.4 Å². The smallest absolute Gasteiger partial charge is 0.173 e. The van der Waals surface area contributed by atoms with E-state index in [-0.39, 0.29) is 0 Å². The largest absolute Gasteiger partial charge is 0.347 e.